The lowest BCUT2D eigenvalue weighted by molar-refractivity contribution is -0.171. The summed E-state index contributed by atoms with van der Waals surface area (Å²) in [6.07, 6.45) is -3.28. The number of carbonyl (C=O) groups excluding carboxylic acids is 2. The van der Waals surface area contributed by atoms with Crippen LogP contribution in [0.25, 0.3) is 0 Å². The van der Waals surface area contributed by atoms with Crippen molar-refractivity contribution in [3.05, 3.63) is 42.5 Å². The van der Waals surface area contributed by atoms with Gasteiger partial charge in [-0.1, -0.05) is 19.6 Å². The molecule has 0 aromatic heterocycles. The highest BCUT2D eigenvalue weighted by molar-refractivity contribution is 6.00. The van der Waals surface area contributed by atoms with Gasteiger partial charge in [0.05, 0.1) is 5.92 Å². The lowest BCUT2D eigenvalue weighted by atomic mass is 10.1. The predicted octanol–water partition coefficient (Wildman–Crippen LogP) is 3.08. The summed E-state index contributed by atoms with van der Waals surface area (Å²) in [6, 6.07) is 5.97. The number of hydrogen-bond acceptors (Lipinski definition) is 2. The number of carbonyl (C=O) groups is 2. The number of alkyl halides is 3. The first kappa shape index (κ1) is 17.7. The summed E-state index contributed by atoms with van der Waals surface area (Å²) in [5, 5.41) is 2.48. The van der Waals surface area contributed by atoms with Crippen LogP contribution in [0.4, 0.5) is 18.9 Å². The van der Waals surface area contributed by atoms with Crippen LogP contribution in [0, 0.1) is 5.92 Å². The number of anilines is 1. The lowest BCUT2D eigenvalue weighted by Gasteiger charge is -2.23. The highest BCUT2D eigenvalue weighted by Gasteiger charge is 2.37. The van der Waals surface area contributed by atoms with Crippen LogP contribution in [-0.4, -0.2) is 36.5 Å². The minimum atomic E-state index is -4.35. The molecule has 1 unspecified atom stereocenters. The molecule has 0 aliphatic heterocycles. The number of amides is 2. The minimum absolute atomic E-state index is 0.193. The average molecular weight is 314 g/mol. The SMILES string of the molecule is C=CC(=O)Nc1cccc(C(=O)N(C)CC(C)C(F)(F)F)c1. The number of nitrogens with one attached hydrogen (secondary N) is 1. The molecule has 22 heavy (non-hydrogen) atoms. The number of benzene rings is 1. The molecule has 1 atom stereocenters. The van der Waals surface area contributed by atoms with Gasteiger partial charge in [0, 0.05) is 24.8 Å². The monoisotopic (exact) mass is 314 g/mol. The summed E-state index contributed by atoms with van der Waals surface area (Å²) < 4.78 is 37.6. The van der Waals surface area contributed by atoms with Gasteiger partial charge in [-0.25, -0.2) is 0 Å². The maximum absolute atomic E-state index is 12.5. The average Bonchev–Trinajstić information content (AvgIpc) is 2.45. The molecule has 0 aliphatic carbocycles. The quantitative estimate of drug-likeness (QED) is 0.849. The van der Waals surface area contributed by atoms with Gasteiger partial charge in [0.1, 0.15) is 0 Å². The summed E-state index contributed by atoms with van der Waals surface area (Å²) >= 11 is 0. The van der Waals surface area contributed by atoms with Gasteiger partial charge in [0.2, 0.25) is 5.91 Å². The third-order valence-electron chi connectivity index (χ3n) is 3.02. The van der Waals surface area contributed by atoms with Gasteiger partial charge < -0.3 is 10.2 Å². The van der Waals surface area contributed by atoms with Crippen LogP contribution >= 0.6 is 0 Å². The highest BCUT2D eigenvalue weighted by Crippen LogP contribution is 2.26. The van der Waals surface area contributed by atoms with Gasteiger partial charge in [0.15, 0.2) is 0 Å². The van der Waals surface area contributed by atoms with E-state index in [1.165, 1.54) is 25.2 Å². The Hall–Kier alpha value is -2.31. The first-order valence-corrected chi connectivity index (χ1v) is 6.50. The summed E-state index contributed by atoms with van der Waals surface area (Å²) in [5.74, 6) is -2.61. The predicted molar refractivity (Wildman–Crippen MR) is 77.4 cm³/mol. The third kappa shape index (κ3) is 4.91. The van der Waals surface area contributed by atoms with Crippen LogP contribution in [0.1, 0.15) is 17.3 Å². The van der Waals surface area contributed by atoms with Gasteiger partial charge in [-0.05, 0) is 24.3 Å². The smallest absolute Gasteiger partial charge is 0.341 e. The van der Waals surface area contributed by atoms with Crippen molar-refractivity contribution in [2.45, 2.75) is 13.1 Å². The molecule has 1 rings (SSSR count). The molecule has 0 radical (unpaired) electrons. The highest BCUT2D eigenvalue weighted by atomic mass is 19.4. The van der Waals surface area contributed by atoms with E-state index in [1.807, 2.05) is 0 Å². The zero-order valence-corrected chi connectivity index (χ0v) is 12.3. The zero-order valence-electron chi connectivity index (χ0n) is 12.3. The van der Waals surface area contributed by atoms with Crippen LogP contribution in [-0.2, 0) is 4.79 Å². The first-order valence-electron chi connectivity index (χ1n) is 6.50. The first-order chi connectivity index (χ1) is 10.1. The Balaban J connectivity index is 2.82. The van der Waals surface area contributed by atoms with Crippen molar-refractivity contribution in [3.8, 4) is 0 Å². The van der Waals surface area contributed by atoms with Gasteiger partial charge in [-0.2, -0.15) is 13.2 Å². The van der Waals surface area contributed by atoms with Crippen LogP contribution in [0.2, 0.25) is 0 Å². The van der Waals surface area contributed by atoms with Gasteiger partial charge in [0.25, 0.3) is 5.91 Å². The molecule has 1 aromatic rings. The van der Waals surface area contributed by atoms with E-state index in [-0.39, 0.29) is 5.56 Å². The molecule has 2 amide bonds. The zero-order chi connectivity index (χ0) is 16.9. The third-order valence-corrected chi connectivity index (χ3v) is 3.02. The molecule has 0 saturated heterocycles. The molecular weight excluding hydrogens is 297 g/mol. The fourth-order valence-electron chi connectivity index (χ4n) is 1.74. The Morgan fingerprint density at radius 1 is 1.41 bits per heavy atom. The van der Waals surface area contributed by atoms with E-state index in [1.54, 1.807) is 6.07 Å². The van der Waals surface area contributed by atoms with Crippen molar-refractivity contribution in [3.63, 3.8) is 0 Å². The molecule has 0 fully saturated rings. The maximum atomic E-state index is 12.5. The van der Waals surface area contributed by atoms with Gasteiger partial charge in [-0.15, -0.1) is 0 Å². The summed E-state index contributed by atoms with van der Waals surface area (Å²) in [7, 11) is 1.31. The molecule has 120 valence electrons. The van der Waals surface area contributed by atoms with E-state index in [9.17, 15) is 22.8 Å². The second kappa shape index (κ2) is 7.11. The Labute approximate surface area is 126 Å². The standard InChI is InChI=1S/C15H17F3N2O2/c1-4-13(21)19-12-7-5-6-11(8-12)14(22)20(3)9-10(2)15(16,17)18/h4-8,10H,1,9H2,2-3H3,(H,19,21). The van der Waals surface area contributed by atoms with Crippen molar-refractivity contribution in [1.29, 1.82) is 0 Å². The van der Waals surface area contributed by atoms with Crippen LogP contribution in [0.15, 0.2) is 36.9 Å². The van der Waals surface area contributed by atoms with Crippen molar-refractivity contribution < 1.29 is 22.8 Å². The summed E-state index contributed by atoms with van der Waals surface area (Å²) in [4.78, 5) is 24.3. The number of rotatable bonds is 5. The normalized spacial score (nSPS) is 12.4. The largest absolute Gasteiger partial charge is 0.393 e. The Morgan fingerprint density at radius 3 is 2.59 bits per heavy atom. The Morgan fingerprint density at radius 2 is 2.05 bits per heavy atom. The van der Waals surface area contributed by atoms with E-state index in [0.29, 0.717) is 5.69 Å². The minimum Gasteiger partial charge on any atom is -0.341 e. The molecular formula is C15H17F3N2O2. The maximum Gasteiger partial charge on any atom is 0.393 e. The van der Waals surface area contributed by atoms with Crippen LogP contribution in [0.5, 0.6) is 0 Å². The van der Waals surface area contributed by atoms with E-state index >= 15 is 0 Å². The lowest BCUT2D eigenvalue weighted by Crippen LogP contribution is -2.36. The fourth-order valence-corrected chi connectivity index (χ4v) is 1.74. The van der Waals surface area contributed by atoms with E-state index in [4.69, 9.17) is 0 Å². The van der Waals surface area contributed by atoms with Crippen molar-refractivity contribution in [2.75, 3.05) is 18.9 Å². The molecule has 0 heterocycles. The van der Waals surface area contributed by atoms with Crippen LogP contribution in [0.3, 0.4) is 0 Å². The molecule has 1 N–H and O–H groups in total. The molecule has 0 spiro atoms. The molecule has 1 aromatic carbocycles. The van der Waals surface area contributed by atoms with Crippen molar-refractivity contribution in [2.24, 2.45) is 5.92 Å². The van der Waals surface area contributed by atoms with Gasteiger partial charge in [-0.3, -0.25) is 9.59 Å². The molecule has 0 saturated carbocycles. The summed E-state index contributed by atoms with van der Waals surface area (Å²) in [6.45, 7) is 3.88. The second-order valence-corrected chi connectivity index (χ2v) is 4.90. The van der Waals surface area contributed by atoms with Crippen LogP contribution < -0.4 is 5.32 Å². The summed E-state index contributed by atoms with van der Waals surface area (Å²) in [5.41, 5.74) is 0.562. The van der Waals surface area contributed by atoms with E-state index < -0.39 is 30.5 Å². The molecule has 4 nitrogen and oxygen atoms in total. The van der Waals surface area contributed by atoms with Gasteiger partial charge >= 0.3 is 6.18 Å². The molecule has 0 bridgehead atoms. The van der Waals surface area contributed by atoms with E-state index in [2.05, 4.69) is 11.9 Å². The fraction of sp³-hybridized carbons (Fsp3) is 0.333. The Bertz CT molecular complexity index is 570. The number of nitrogens with zero attached hydrogens (tertiary/aromatic N) is 1. The van der Waals surface area contributed by atoms with Crippen molar-refractivity contribution >= 4 is 17.5 Å². The topological polar surface area (TPSA) is 49.4 Å². The number of halogens is 3. The number of hydrogen-bond donors (Lipinski definition) is 1. The molecule has 0 aliphatic rings. The van der Waals surface area contributed by atoms with Crippen molar-refractivity contribution in [1.82, 2.24) is 4.90 Å². The Kier molecular flexibility index (Phi) is 5.73. The van der Waals surface area contributed by atoms with E-state index in [0.717, 1.165) is 17.9 Å². The molecule has 7 heteroatoms. The second-order valence-electron chi connectivity index (χ2n) is 4.90.